The van der Waals surface area contributed by atoms with Crippen molar-refractivity contribution in [2.24, 2.45) is 4.36 Å². The average Bonchev–Trinajstić information content (AvgIpc) is 2.92. The Morgan fingerprint density at radius 3 is 2.49 bits per heavy atom. The lowest BCUT2D eigenvalue weighted by molar-refractivity contribution is -0.137. The number of aryl methyl sites for hydroxylation is 1. The van der Waals surface area contributed by atoms with E-state index in [1.807, 2.05) is 0 Å². The van der Waals surface area contributed by atoms with Gasteiger partial charge in [-0.2, -0.15) is 18.4 Å². The normalized spacial score (nSPS) is 12.7. The number of pyridine rings is 2. The second-order valence-corrected chi connectivity index (χ2v) is 11.5. The van der Waals surface area contributed by atoms with Gasteiger partial charge in [-0.3, -0.25) is 14.6 Å². The molecule has 210 valence electrons. The molecule has 0 aliphatic rings. The van der Waals surface area contributed by atoms with Gasteiger partial charge in [0.15, 0.2) is 0 Å². The number of hydrogen-bond acceptors (Lipinski definition) is 6. The van der Waals surface area contributed by atoms with Crippen molar-refractivity contribution in [2.75, 3.05) is 6.26 Å². The monoisotopic (exact) mass is 579 g/mol. The molecule has 0 saturated heterocycles. The van der Waals surface area contributed by atoms with Gasteiger partial charge < -0.3 is 9.88 Å². The molecule has 1 N–H and O–H groups in total. The summed E-state index contributed by atoms with van der Waals surface area (Å²) in [4.78, 5) is 31.4. The zero-order chi connectivity index (χ0) is 29.9. The largest absolute Gasteiger partial charge is 0.416 e. The summed E-state index contributed by atoms with van der Waals surface area (Å²) < 4.78 is 57.9. The van der Waals surface area contributed by atoms with Crippen LogP contribution >= 0.6 is 0 Å². The van der Waals surface area contributed by atoms with Gasteiger partial charge in [0.1, 0.15) is 5.56 Å². The van der Waals surface area contributed by atoms with E-state index < -0.39 is 32.8 Å². The number of rotatable bonds is 6. The van der Waals surface area contributed by atoms with Gasteiger partial charge in [-0.15, -0.1) is 4.36 Å². The Hall–Kier alpha value is -4.76. The fourth-order valence-electron chi connectivity index (χ4n) is 4.28. The van der Waals surface area contributed by atoms with Crippen LogP contribution in [0.25, 0.3) is 16.8 Å². The zero-order valence-corrected chi connectivity index (χ0v) is 23.0. The molecule has 41 heavy (non-hydrogen) atoms. The smallest absolute Gasteiger partial charge is 0.348 e. The van der Waals surface area contributed by atoms with Crippen molar-refractivity contribution in [3.63, 3.8) is 0 Å². The van der Waals surface area contributed by atoms with E-state index in [4.69, 9.17) is 5.26 Å². The van der Waals surface area contributed by atoms with Gasteiger partial charge in [0.05, 0.1) is 27.2 Å². The van der Waals surface area contributed by atoms with Crippen LogP contribution in [-0.4, -0.2) is 25.9 Å². The molecule has 2 heterocycles. The quantitative estimate of drug-likeness (QED) is 0.307. The highest BCUT2D eigenvalue weighted by atomic mass is 32.2. The van der Waals surface area contributed by atoms with Crippen LogP contribution in [0.4, 0.5) is 13.2 Å². The molecule has 2 aromatic heterocycles. The molecule has 4 aromatic rings. The second-order valence-electron chi connectivity index (χ2n) is 9.26. The van der Waals surface area contributed by atoms with E-state index in [1.165, 1.54) is 49.1 Å². The standard InChI is InChI=1S/C29H24F3N5O3S/c1-18-11-12-34-15-25(18)37-16-24(27(38)26(19(37)2)21-5-4-6-22(13-21)29(30,31)32)28(39)35-14-20-7-9-23(10-8-20)41(3,40)36-17-33/h4-13,15-16H,14H2,1-3H3,(H,35,39). The summed E-state index contributed by atoms with van der Waals surface area (Å²) in [6.45, 7) is 3.40. The summed E-state index contributed by atoms with van der Waals surface area (Å²) in [5.74, 6) is -0.735. The van der Waals surface area contributed by atoms with Gasteiger partial charge >= 0.3 is 6.18 Å². The van der Waals surface area contributed by atoms with Gasteiger partial charge in [0.25, 0.3) is 5.91 Å². The number of carbonyl (C=O) groups excluding carboxylic acids is 1. The van der Waals surface area contributed by atoms with Gasteiger partial charge in [-0.05, 0) is 60.9 Å². The van der Waals surface area contributed by atoms with E-state index in [1.54, 1.807) is 42.8 Å². The van der Waals surface area contributed by atoms with E-state index in [2.05, 4.69) is 14.7 Å². The van der Waals surface area contributed by atoms with Crippen molar-refractivity contribution in [2.45, 2.75) is 31.5 Å². The molecular formula is C29H24F3N5O3S. The highest BCUT2D eigenvalue weighted by Crippen LogP contribution is 2.33. The third-order valence-electron chi connectivity index (χ3n) is 6.48. The Labute approximate surface area is 234 Å². The van der Waals surface area contributed by atoms with Crippen LogP contribution in [-0.2, 0) is 22.5 Å². The molecule has 0 fully saturated rings. The van der Waals surface area contributed by atoms with Crippen LogP contribution < -0.4 is 10.7 Å². The van der Waals surface area contributed by atoms with Gasteiger partial charge in [-0.1, -0.05) is 24.3 Å². The van der Waals surface area contributed by atoms with E-state index in [9.17, 15) is 27.0 Å². The third-order valence-corrected chi connectivity index (χ3v) is 8.05. The Kier molecular flexibility index (Phi) is 8.12. The second kappa shape index (κ2) is 11.4. The SMILES string of the molecule is Cc1ccncc1-n1cc(C(=O)NCc2ccc(S(C)(=O)=NC#N)cc2)c(=O)c(-c2cccc(C(F)(F)F)c2)c1C. The van der Waals surface area contributed by atoms with Crippen LogP contribution in [0.5, 0.6) is 0 Å². The molecule has 2 aromatic carbocycles. The lowest BCUT2D eigenvalue weighted by atomic mass is 9.98. The molecule has 0 radical (unpaired) electrons. The van der Waals surface area contributed by atoms with E-state index in [-0.39, 0.29) is 23.2 Å². The van der Waals surface area contributed by atoms with Crippen molar-refractivity contribution in [3.8, 4) is 23.0 Å². The maximum Gasteiger partial charge on any atom is 0.416 e. The van der Waals surface area contributed by atoms with Crippen LogP contribution in [0.2, 0.25) is 0 Å². The molecule has 0 bridgehead atoms. The van der Waals surface area contributed by atoms with Crippen LogP contribution in [0.3, 0.4) is 0 Å². The molecule has 1 amide bonds. The minimum Gasteiger partial charge on any atom is -0.348 e. The highest BCUT2D eigenvalue weighted by Gasteiger charge is 2.31. The number of amides is 1. The number of nitrogens with one attached hydrogen (secondary N) is 1. The maximum atomic E-state index is 13.6. The summed E-state index contributed by atoms with van der Waals surface area (Å²) in [6, 6.07) is 12.4. The molecule has 0 aliphatic heterocycles. The summed E-state index contributed by atoms with van der Waals surface area (Å²) >= 11 is 0. The molecule has 1 unspecified atom stereocenters. The van der Waals surface area contributed by atoms with E-state index >= 15 is 0 Å². The predicted octanol–water partition coefficient (Wildman–Crippen LogP) is 5.40. The first-order valence-corrected chi connectivity index (χ1v) is 14.1. The van der Waals surface area contributed by atoms with E-state index in [0.717, 1.165) is 17.7 Å². The topological polar surface area (TPSA) is 117 Å². The molecule has 1 atom stereocenters. The fraction of sp³-hybridized carbons (Fsp3) is 0.172. The summed E-state index contributed by atoms with van der Waals surface area (Å²) in [6.07, 6.45) is 2.72. The molecule has 0 spiro atoms. The van der Waals surface area contributed by atoms with E-state index in [0.29, 0.717) is 21.8 Å². The third kappa shape index (κ3) is 6.20. The number of nitrogens with zero attached hydrogens (tertiary/aromatic N) is 4. The predicted molar refractivity (Wildman–Crippen MR) is 148 cm³/mol. The minimum absolute atomic E-state index is 0.00244. The Balaban J connectivity index is 1.78. The Bertz CT molecular complexity index is 1870. The summed E-state index contributed by atoms with van der Waals surface area (Å²) in [5.41, 5.74) is 0.325. The molecule has 0 aliphatic carbocycles. The minimum atomic E-state index is -4.62. The van der Waals surface area contributed by atoms with Crippen molar-refractivity contribution in [1.29, 1.82) is 5.26 Å². The molecule has 8 nitrogen and oxygen atoms in total. The molecular weight excluding hydrogens is 555 g/mol. The lowest BCUT2D eigenvalue weighted by Gasteiger charge is -2.19. The number of benzene rings is 2. The number of aromatic nitrogens is 2. The number of nitriles is 1. The van der Waals surface area contributed by atoms with Crippen LogP contribution in [0.15, 0.2) is 87.2 Å². The number of carbonyl (C=O) groups is 1. The fourth-order valence-corrected chi connectivity index (χ4v) is 5.19. The van der Waals surface area contributed by atoms with Crippen LogP contribution in [0.1, 0.15) is 32.7 Å². The molecule has 0 saturated carbocycles. The van der Waals surface area contributed by atoms with Gasteiger partial charge in [0, 0.05) is 41.3 Å². The molecule has 12 heteroatoms. The van der Waals surface area contributed by atoms with Crippen molar-refractivity contribution < 1.29 is 22.2 Å². The Morgan fingerprint density at radius 2 is 1.85 bits per heavy atom. The first-order chi connectivity index (χ1) is 19.3. The van der Waals surface area contributed by atoms with Crippen LogP contribution in [0, 0.1) is 25.3 Å². The maximum absolute atomic E-state index is 13.6. The first-order valence-electron chi connectivity index (χ1n) is 12.2. The van der Waals surface area contributed by atoms with Crippen molar-refractivity contribution in [1.82, 2.24) is 14.9 Å². The van der Waals surface area contributed by atoms with Crippen molar-refractivity contribution in [3.05, 3.63) is 111 Å². The van der Waals surface area contributed by atoms with Gasteiger partial charge in [-0.25, -0.2) is 4.21 Å². The number of halogens is 3. The lowest BCUT2D eigenvalue weighted by Crippen LogP contribution is -2.31. The first kappa shape index (κ1) is 29.2. The summed E-state index contributed by atoms with van der Waals surface area (Å²) in [7, 11) is -2.88. The number of hydrogen-bond donors (Lipinski definition) is 1. The average molecular weight is 580 g/mol. The van der Waals surface area contributed by atoms with Crippen molar-refractivity contribution >= 4 is 15.6 Å². The highest BCUT2D eigenvalue weighted by molar-refractivity contribution is 7.93. The zero-order valence-electron chi connectivity index (χ0n) is 22.2. The Morgan fingerprint density at radius 1 is 1.15 bits per heavy atom. The number of alkyl halides is 3. The van der Waals surface area contributed by atoms with Gasteiger partial charge in [0.2, 0.25) is 11.6 Å². The summed E-state index contributed by atoms with van der Waals surface area (Å²) in [5, 5.41) is 11.4. The molecule has 4 rings (SSSR count).